The Balaban J connectivity index is 1.38. The van der Waals surface area contributed by atoms with E-state index >= 15 is 0 Å². The summed E-state index contributed by atoms with van der Waals surface area (Å²) in [4.78, 5) is 16.7. The van der Waals surface area contributed by atoms with E-state index in [1.807, 2.05) is 0 Å². The number of alkyl carbamates (subject to hydrolysis) is 1. The van der Waals surface area contributed by atoms with Crippen molar-refractivity contribution in [2.45, 2.75) is 48.1 Å². The van der Waals surface area contributed by atoms with Crippen molar-refractivity contribution < 1.29 is 17.9 Å². The summed E-state index contributed by atoms with van der Waals surface area (Å²) in [5.74, 6) is 0. The highest BCUT2D eigenvalue weighted by molar-refractivity contribution is 7.92. The Bertz CT molecular complexity index is 1020. The molecule has 2 heterocycles. The van der Waals surface area contributed by atoms with Crippen LogP contribution in [0.3, 0.4) is 0 Å². The van der Waals surface area contributed by atoms with Gasteiger partial charge >= 0.3 is 6.09 Å². The Morgan fingerprint density at radius 2 is 2.06 bits per heavy atom. The van der Waals surface area contributed by atoms with Crippen LogP contribution < -0.4 is 15.5 Å². The van der Waals surface area contributed by atoms with E-state index in [-0.39, 0.29) is 22.9 Å². The van der Waals surface area contributed by atoms with Gasteiger partial charge in [-0.25, -0.2) is 13.2 Å². The highest BCUT2D eigenvalue weighted by Gasteiger charge is 2.46. The summed E-state index contributed by atoms with van der Waals surface area (Å²) in [6.07, 6.45) is -0.151. The molecule has 0 spiro atoms. The maximum absolute atomic E-state index is 13.2. The minimum atomic E-state index is -3.71. The first kappa shape index (κ1) is 23.1. The molecule has 9 nitrogen and oxygen atoms in total. The molecular formula is C21H28ClN5O4S. The number of nitrogens with one attached hydrogen (secondary N) is 2. The topological polar surface area (TPSA) is 115 Å². The van der Waals surface area contributed by atoms with Crippen LogP contribution in [0.5, 0.6) is 0 Å². The summed E-state index contributed by atoms with van der Waals surface area (Å²) in [6, 6.07) is 7.15. The number of halogens is 1. The summed E-state index contributed by atoms with van der Waals surface area (Å²) in [5, 5.41) is 14.0. The Hall–Kier alpha value is -2.06. The molecule has 1 aromatic carbocycles. The third-order valence-corrected chi connectivity index (χ3v) is 9.08. The van der Waals surface area contributed by atoms with Gasteiger partial charge in [0.05, 0.1) is 21.2 Å². The zero-order valence-corrected chi connectivity index (χ0v) is 19.6. The lowest BCUT2D eigenvalue weighted by atomic mass is 10.2. The van der Waals surface area contributed by atoms with E-state index in [0.717, 1.165) is 38.4 Å². The number of likely N-dealkylation sites (N-methyl/N-ethyl adjacent to an activating group) is 1. The number of carbonyl (C=O) groups is 1. The van der Waals surface area contributed by atoms with Gasteiger partial charge in [0.1, 0.15) is 5.54 Å². The number of anilines is 1. The standard InChI is InChI=1S/C21H28ClN5O4S/c1-2-26-7-9-27(10-8-26)15-3-4-18(17(22)11-15)32(29,30)16-12-19(24-13-16)31-20(28)25-21(14-23)5-6-21/h3-4,11,16,19,24H,2,5-10,12-13H2,1H3,(H,25,28)/t16-,19+/m1/s1. The van der Waals surface area contributed by atoms with Crippen LogP contribution in [0.1, 0.15) is 26.2 Å². The number of sulfone groups is 1. The van der Waals surface area contributed by atoms with Gasteiger partial charge in [-0.1, -0.05) is 18.5 Å². The zero-order valence-electron chi connectivity index (χ0n) is 18.0. The van der Waals surface area contributed by atoms with Gasteiger partial charge in [-0.3, -0.25) is 5.32 Å². The van der Waals surface area contributed by atoms with E-state index < -0.39 is 32.9 Å². The van der Waals surface area contributed by atoms with Crippen molar-refractivity contribution >= 4 is 33.2 Å². The van der Waals surface area contributed by atoms with Crippen LogP contribution in [-0.2, 0) is 14.6 Å². The number of hydrogen-bond acceptors (Lipinski definition) is 8. The monoisotopic (exact) mass is 481 g/mol. The second kappa shape index (κ2) is 9.06. The van der Waals surface area contributed by atoms with E-state index in [9.17, 15) is 13.2 Å². The van der Waals surface area contributed by atoms with Crippen molar-refractivity contribution in [3.63, 3.8) is 0 Å². The molecule has 1 aliphatic carbocycles. The van der Waals surface area contributed by atoms with Gasteiger partial charge in [-0.05, 0) is 37.6 Å². The molecule has 1 amide bonds. The van der Waals surface area contributed by atoms with Crippen molar-refractivity contribution in [1.82, 2.24) is 15.5 Å². The third-order valence-electron chi connectivity index (χ3n) is 6.45. The molecule has 0 bridgehead atoms. The van der Waals surface area contributed by atoms with E-state index in [2.05, 4.69) is 33.4 Å². The average Bonchev–Trinajstić information content (AvgIpc) is 3.39. The van der Waals surface area contributed by atoms with E-state index in [0.29, 0.717) is 12.8 Å². The van der Waals surface area contributed by atoms with Gasteiger partial charge in [0.2, 0.25) is 0 Å². The molecule has 1 saturated carbocycles. The lowest BCUT2D eigenvalue weighted by Gasteiger charge is -2.35. The van der Waals surface area contributed by atoms with Gasteiger partial charge in [-0.2, -0.15) is 5.26 Å². The van der Waals surface area contributed by atoms with Gasteiger partial charge in [-0.15, -0.1) is 0 Å². The normalized spacial score (nSPS) is 25.2. The summed E-state index contributed by atoms with van der Waals surface area (Å²) in [5.41, 5.74) is 0.0817. The van der Waals surface area contributed by atoms with Gasteiger partial charge in [0.25, 0.3) is 0 Å². The van der Waals surface area contributed by atoms with Crippen molar-refractivity contribution in [3.05, 3.63) is 23.2 Å². The van der Waals surface area contributed by atoms with Crippen LogP contribution in [0, 0.1) is 11.3 Å². The number of nitrogens with zero attached hydrogens (tertiary/aromatic N) is 3. The third kappa shape index (κ3) is 4.81. The quantitative estimate of drug-likeness (QED) is 0.631. The number of amides is 1. The number of ether oxygens (including phenoxy) is 1. The number of benzene rings is 1. The van der Waals surface area contributed by atoms with Gasteiger partial charge in [0.15, 0.2) is 16.1 Å². The summed E-state index contributed by atoms with van der Waals surface area (Å²) in [7, 11) is -3.71. The van der Waals surface area contributed by atoms with Crippen LogP contribution in [0.15, 0.2) is 23.1 Å². The van der Waals surface area contributed by atoms with Gasteiger partial charge in [0, 0.05) is 44.8 Å². The smallest absolute Gasteiger partial charge is 0.409 e. The molecule has 3 aliphatic rings. The van der Waals surface area contributed by atoms with E-state index in [4.69, 9.17) is 21.6 Å². The summed E-state index contributed by atoms with van der Waals surface area (Å²) >= 11 is 6.42. The number of piperazine rings is 1. The molecule has 2 saturated heterocycles. The molecule has 0 unspecified atom stereocenters. The molecule has 174 valence electrons. The Kier molecular flexibility index (Phi) is 6.54. The first-order valence-corrected chi connectivity index (χ1v) is 12.8. The van der Waals surface area contributed by atoms with Crippen molar-refractivity contribution in [2.75, 3.05) is 44.2 Å². The number of nitriles is 1. The summed E-state index contributed by atoms with van der Waals surface area (Å²) in [6.45, 7) is 6.99. The maximum Gasteiger partial charge on any atom is 0.409 e. The lowest BCUT2D eigenvalue weighted by molar-refractivity contribution is 0.0876. The predicted molar refractivity (Wildman–Crippen MR) is 120 cm³/mol. The first-order valence-electron chi connectivity index (χ1n) is 10.9. The maximum atomic E-state index is 13.2. The molecule has 0 radical (unpaired) electrons. The summed E-state index contributed by atoms with van der Waals surface area (Å²) < 4.78 is 31.7. The second-order valence-electron chi connectivity index (χ2n) is 8.56. The highest BCUT2D eigenvalue weighted by atomic mass is 35.5. The SMILES string of the molecule is CCN1CCN(c2ccc(S(=O)(=O)[C@H]3CN[C@@H](OC(=O)NC4(C#N)CC4)C3)c(Cl)c2)CC1. The van der Waals surface area contributed by atoms with Crippen LogP contribution in [0.4, 0.5) is 10.5 Å². The molecule has 0 aromatic heterocycles. The molecule has 1 aromatic rings. The molecule has 2 atom stereocenters. The van der Waals surface area contributed by atoms with Crippen LogP contribution >= 0.6 is 11.6 Å². The largest absolute Gasteiger partial charge is 0.430 e. The van der Waals surface area contributed by atoms with E-state index in [1.54, 1.807) is 18.2 Å². The van der Waals surface area contributed by atoms with Crippen molar-refractivity contribution in [1.29, 1.82) is 5.26 Å². The van der Waals surface area contributed by atoms with Crippen LogP contribution in [0.25, 0.3) is 0 Å². The first-order chi connectivity index (χ1) is 15.3. The van der Waals surface area contributed by atoms with Crippen molar-refractivity contribution in [2.24, 2.45) is 0 Å². The minimum absolute atomic E-state index is 0.0911. The fourth-order valence-electron chi connectivity index (χ4n) is 4.16. The average molecular weight is 482 g/mol. The zero-order chi connectivity index (χ0) is 22.9. The number of hydrogen-bond donors (Lipinski definition) is 2. The Morgan fingerprint density at radius 1 is 1.34 bits per heavy atom. The Labute approximate surface area is 193 Å². The van der Waals surface area contributed by atoms with Crippen LogP contribution in [0.2, 0.25) is 5.02 Å². The molecule has 2 aliphatic heterocycles. The fraction of sp³-hybridized carbons (Fsp3) is 0.619. The predicted octanol–water partition coefficient (Wildman–Crippen LogP) is 1.73. The molecule has 4 rings (SSSR count). The van der Waals surface area contributed by atoms with Crippen molar-refractivity contribution in [3.8, 4) is 6.07 Å². The Morgan fingerprint density at radius 3 is 2.66 bits per heavy atom. The number of rotatable bonds is 6. The lowest BCUT2D eigenvalue weighted by Crippen LogP contribution is -2.46. The minimum Gasteiger partial charge on any atom is -0.430 e. The molecule has 3 fully saturated rings. The second-order valence-corrected chi connectivity index (χ2v) is 11.2. The molecule has 2 N–H and O–H groups in total. The molecule has 32 heavy (non-hydrogen) atoms. The fourth-order valence-corrected chi connectivity index (χ4v) is 6.35. The molecule has 11 heteroatoms. The van der Waals surface area contributed by atoms with E-state index in [1.165, 1.54) is 0 Å². The van der Waals surface area contributed by atoms with Crippen LogP contribution in [-0.4, -0.2) is 75.7 Å². The highest BCUT2D eigenvalue weighted by Crippen LogP contribution is 2.35. The molecular weight excluding hydrogens is 454 g/mol. The number of carbonyl (C=O) groups excluding carboxylic acids is 1. The van der Waals surface area contributed by atoms with Gasteiger partial charge < -0.3 is 19.9 Å².